The van der Waals surface area contributed by atoms with Crippen LogP contribution in [0.4, 0.5) is 0 Å². The summed E-state index contributed by atoms with van der Waals surface area (Å²) >= 11 is 0. The first kappa shape index (κ1) is 12.3. The lowest BCUT2D eigenvalue weighted by Crippen LogP contribution is -2.14. The van der Waals surface area contributed by atoms with Crippen molar-refractivity contribution in [2.24, 2.45) is 0 Å². The number of aryl methyl sites for hydroxylation is 2. The molecule has 0 N–H and O–H groups in total. The highest BCUT2D eigenvalue weighted by atomic mass is 16.5. The van der Waals surface area contributed by atoms with E-state index in [0.29, 0.717) is 18.6 Å². The average molecular weight is 232 g/mol. The minimum Gasteiger partial charge on any atom is -0.378 e. The van der Waals surface area contributed by atoms with E-state index in [0.717, 1.165) is 25.0 Å². The monoisotopic (exact) mass is 232 g/mol. The van der Waals surface area contributed by atoms with E-state index in [4.69, 9.17) is 4.74 Å². The van der Waals surface area contributed by atoms with Crippen molar-refractivity contribution in [3.05, 3.63) is 34.9 Å². The van der Waals surface area contributed by atoms with Crippen LogP contribution in [0.5, 0.6) is 0 Å². The van der Waals surface area contributed by atoms with Gasteiger partial charge in [-0.2, -0.15) is 0 Å². The topological polar surface area (TPSA) is 26.3 Å². The predicted molar refractivity (Wildman–Crippen MR) is 68.2 cm³/mol. The van der Waals surface area contributed by atoms with Gasteiger partial charge in [-0.3, -0.25) is 4.79 Å². The second kappa shape index (κ2) is 5.46. The van der Waals surface area contributed by atoms with Gasteiger partial charge in [0.15, 0.2) is 0 Å². The lowest BCUT2D eigenvalue weighted by atomic mass is 9.98. The highest BCUT2D eigenvalue weighted by Gasteiger charge is 2.19. The standard InChI is InChI=1S/C15H20O2/c1-11-5-6-12(2)13(8-11)9-14(16)10-15-4-3-7-17-15/h5-6,8,15H,3-4,7,9-10H2,1-2H3. The molecular weight excluding hydrogens is 212 g/mol. The van der Waals surface area contributed by atoms with Gasteiger partial charge in [0.2, 0.25) is 0 Å². The number of ether oxygens (including phenoxy) is 1. The van der Waals surface area contributed by atoms with Gasteiger partial charge in [0, 0.05) is 19.4 Å². The number of benzene rings is 1. The van der Waals surface area contributed by atoms with E-state index in [1.165, 1.54) is 11.1 Å². The summed E-state index contributed by atoms with van der Waals surface area (Å²) in [5.74, 6) is 0.297. The van der Waals surface area contributed by atoms with Crippen LogP contribution in [0, 0.1) is 13.8 Å². The van der Waals surface area contributed by atoms with Crippen LogP contribution >= 0.6 is 0 Å². The number of carbonyl (C=O) groups is 1. The van der Waals surface area contributed by atoms with E-state index in [2.05, 4.69) is 32.0 Å². The molecule has 0 bridgehead atoms. The molecule has 1 aromatic carbocycles. The average Bonchev–Trinajstić information content (AvgIpc) is 2.76. The fourth-order valence-corrected chi connectivity index (χ4v) is 2.33. The molecule has 1 fully saturated rings. The summed E-state index contributed by atoms with van der Waals surface area (Å²) in [6.45, 7) is 4.95. The van der Waals surface area contributed by atoms with Gasteiger partial charge >= 0.3 is 0 Å². The first-order valence-corrected chi connectivity index (χ1v) is 6.34. The Morgan fingerprint density at radius 3 is 2.94 bits per heavy atom. The van der Waals surface area contributed by atoms with Crippen LogP contribution < -0.4 is 0 Å². The van der Waals surface area contributed by atoms with Gasteiger partial charge in [-0.05, 0) is 37.8 Å². The molecule has 2 nitrogen and oxygen atoms in total. The third-order valence-electron chi connectivity index (χ3n) is 3.37. The van der Waals surface area contributed by atoms with Crippen LogP contribution in [0.25, 0.3) is 0 Å². The quantitative estimate of drug-likeness (QED) is 0.797. The minimum atomic E-state index is 0.174. The Bertz CT molecular complexity index is 403. The smallest absolute Gasteiger partial charge is 0.139 e. The molecule has 1 aliphatic rings. The van der Waals surface area contributed by atoms with Crippen molar-refractivity contribution in [1.82, 2.24) is 0 Å². The predicted octanol–water partition coefficient (Wildman–Crippen LogP) is 2.98. The van der Waals surface area contributed by atoms with Crippen molar-refractivity contribution < 1.29 is 9.53 Å². The maximum absolute atomic E-state index is 12.0. The van der Waals surface area contributed by atoms with E-state index in [-0.39, 0.29) is 6.10 Å². The molecule has 0 spiro atoms. The molecule has 2 rings (SSSR count). The maximum atomic E-state index is 12.0. The number of rotatable bonds is 4. The van der Waals surface area contributed by atoms with Gasteiger partial charge in [0.05, 0.1) is 6.10 Å². The Balaban J connectivity index is 1.95. The molecule has 2 heteroatoms. The van der Waals surface area contributed by atoms with Gasteiger partial charge in [-0.1, -0.05) is 23.8 Å². The largest absolute Gasteiger partial charge is 0.378 e. The lowest BCUT2D eigenvalue weighted by Gasteiger charge is -2.10. The molecule has 0 amide bonds. The molecular formula is C15H20O2. The highest BCUT2D eigenvalue weighted by Crippen LogP contribution is 2.18. The van der Waals surface area contributed by atoms with Crippen molar-refractivity contribution in [2.45, 2.75) is 45.6 Å². The number of hydrogen-bond donors (Lipinski definition) is 0. The third-order valence-corrected chi connectivity index (χ3v) is 3.37. The van der Waals surface area contributed by atoms with E-state index in [1.807, 2.05) is 0 Å². The molecule has 1 aromatic rings. The van der Waals surface area contributed by atoms with Crippen molar-refractivity contribution in [3.63, 3.8) is 0 Å². The molecule has 17 heavy (non-hydrogen) atoms. The maximum Gasteiger partial charge on any atom is 0.139 e. The highest BCUT2D eigenvalue weighted by molar-refractivity contribution is 5.81. The summed E-state index contributed by atoms with van der Waals surface area (Å²) in [6.07, 6.45) is 3.44. The van der Waals surface area contributed by atoms with Crippen LogP contribution in [0.2, 0.25) is 0 Å². The summed E-state index contributed by atoms with van der Waals surface area (Å²) in [4.78, 5) is 12.0. The molecule has 1 saturated heterocycles. The van der Waals surface area contributed by atoms with Crippen molar-refractivity contribution in [3.8, 4) is 0 Å². The number of ketones is 1. The fraction of sp³-hybridized carbons (Fsp3) is 0.533. The van der Waals surface area contributed by atoms with Crippen molar-refractivity contribution in [1.29, 1.82) is 0 Å². The zero-order valence-corrected chi connectivity index (χ0v) is 10.7. The van der Waals surface area contributed by atoms with Crippen LogP contribution in [0.3, 0.4) is 0 Å². The summed E-state index contributed by atoms with van der Waals surface area (Å²) in [7, 11) is 0. The lowest BCUT2D eigenvalue weighted by molar-refractivity contribution is -0.120. The fourth-order valence-electron chi connectivity index (χ4n) is 2.33. The number of carbonyl (C=O) groups excluding carboxylic acids is 1. The molecule has 0 saturated carbocycles. The van der Waals surface area contributed by atoms with E-state index in [1.54, 1.807) is 0 Å². The van der Waals surface area contributed by atoms with Gasteiger partial charge in [-0.25, -0.2) is 0 Å². The van der Waals surface area contributed by atoms with E-state index < -0.39 is 0 Å². The number of hydrogen-bond acceptors (Lipinski definition) is 2. The molecule has 0 aliphatic carbocycles. The Kier molecular flexibility index (Phi) is 3.95. The normalized spacial score (nSPS) is 19.5. The molecule has 1 aliphatic heterocycles. The Morgan fingerprint density at radius 1 is 1.41 bits per heavy atom. The van der Waals surface area contributed by atoms with Crippen LogP contribution in [-0.2, 0) is 16.0 Å². The van der Waals surface area contributed by atoms with E-state index in [9.17, 15) is 4.79 Å². The van der Waals surface area contributed by atoms with Gasteiger partial charge in [0.25, 0.3) is 0 Å². The molecule has 1 unspecified atom stereocenters. The van der Waals surface area contributed by atoms with Gasteiger partial charge in [0.1, 0.15) is 5.78 Å². The SMILES string of the molecule is Cc1ccc(C)c(CC(=O)CC2CCCO2)c1. The summed E-state index contributed by atoms with van der Waals surface area (Å²) in [5, 5.41) is 0. The molecule has 1 atom stereocenters. The van der Waals surface area contributed by atoms with E-state index >= 15 is 0 Å². The molecule has 1 heterocycles. The Hall–Kier alpha value is -1.15. The summed E-state index contributed by atoms with van der Waals surface area (Å²) in [6, 6.07) is 6.29. The second-order valence-electron chi connectivity index (χ2n) is 4.98. The first-order valence-electron chi connectivity index (χ1n) is 6.34. The van der Waals surface area contributed by atoms with Gasteiger partial charge < -0.3 is 4.74 Å². The Morgan fingerprint density at radius 2 is 2.24 bits per heavy atom. The summed E-state index contributed by atoms with van der Waals surface area (Å²) < 4.78 is 5.49. The third kappa shape index (κ3) is 3.40. The zero-order valence-electron chi connectivity index (χ0n) is 10.7. The summed E-state index contributed by atoms with van der Waals surface area (Å²) in [5.41, 5.74) is 3.58. The number of Topliss-reactive ketones (excluding diaryl/α,β-unsaturated/α-hetero) is 1. The van der Waals surface area contributed by atoms with Crippen LogP contribution in [0.15, 0.2) is 18.2 Å². The Labute approximate surface area is 103 Å². The molecule has 0 aromatic heterocycles. The molecule has 92 valence electrons. The van der Waals surface area contributed by atoms with Gasteiger partial charge in [-0.15, -0.1) is 0 Å². The first-order chi connectivity index (χ1) is 8.15. The van der Waals surface area contributed by atoms with Crippen molar-refractivity contribution in [2.75, 3.05) is 6.61 Å². The minimum absolute atomic E-state index is 0.174. The molecule has 0 radical (unpaired) electrons. The second-order valence-corrected chi connectivity index (χ2v) is 4.98. The van der Waals surface area contributed by atoms with Crippen molar-refractivity contribution >= 4 is 5.78 Å². The van der Waals surface area contributed by atoms with Crippen LogP contribution in [-0.4, -0.2) is 18.5 Å². The zero-order chi connectivity index (χ0) is 12.3. The van der Waals surface area contributed by atoms with Crippen LogP contribution in [0.1, 0.15) is 36.0 Å².